The van der Waals surface area contributed by atoms with Crippen LogP contribution in [0.25, 0.3) is 0 Å². The number of anilines is 1. The Morgan fingerprint density at radius 2 is 2.17 bits per heavy atom. The third-order valence-corrected chi connectivity index (χ3v) is 2.72. The number of aliphatic carboxylic acids is 1. The second kappa shape index (κ2) is 5.07. The molecule has 0 bridgehead atoms. The van der Waals surface area contributed by atoms with Crippen LogP contribution >= 0.6 is 0 Å². The van der Waals surface area contributed by atoms with Crippen molar-refractivity contribution in [2.45, 2.75) is 26.3 Å². The summed E-state index contributed by atoms with van der Waals surface area (Å²) in [6.45, 7) is 5.00. The van der Waals surface area contributed by atoms with Gasteiger partial charge in [-0.25, -0.2) is 9.59 Å². The number of aromatic nitrogens is 2. The van der Waals surface area contributed by atoms with E-state index >= 15 is 0 Å². The summed E-state index contributed by atoms with van der Waals surface area (Å²) in [4.78, 5) is 24.4. The maximum absolute atomic E-state index is 12.0. The molecule has 0 spiro atoms. The summed E-state index contributed by atoms with van der Waals surface area (Å²) in [5.74, 6) is -1.05. The molecule has 7 heteroatoms. The Morgan fingerprint density at radius 3 is 2.56 bits per heavy atom. The van der Waals surface area contributed by atoms with Crippen molar-refractivity contribution in [3.8, 4) is 0 Å². The van der Waals surface area contributed by atoms with Crippen LogP contribution in [0.5, 0.6) is 0 Å². The van der Waals surface area contributed by atoms with Crippen molar-refractivity contribution in [3.63, 3.8) is 0 Å². The second-order valence-electron chi connectivity index (χ2n) is 4.44. The zero-order valence-corrected chi connectivity index (χ0v) is 11.0. The molecular weight excluding hydrogens is 236 g/mol. The van der Waals surface area contributed by atoms with Crippen molar-refractivity contribution in [2.24, 2.45) is 7.05 Å². The predicted octanol–water partition coefficient (Wildman–Crippen LogP) is 1.14. The van der Waals surface area contributed by atoms with Crippen LogP contribution in [0.1, 0.15) is 20.8 Å². The van der Waals surface area contributed by atoms with E-state index in [1.807, 2.05) is 0 Å². The molecule has 2 N–H and O–H groups in total. The minimum atomic E-state index is -1.26. The summed E-state index contributed by atoms with van der Waals surface area (Å²) >= 11 is 0. The van der Waals surface area contributed by atoms with Gasteiger partial charge in [-0.3, -0.25) is 4.68 Å². The van der Waals surface area contributed by atoms with E-state index in [0.29, 0.717) is 12.2 Å². The van der Waals surface area contributed by atoms with Crippen LogP contribution in [0.4, 0.5) is 10.5 Å². The van der Waals surface area contributed by atoms with Gasteiger partial charge in [0.15, 0.2) is 0 Å². The Labute approximate surface area is 105 Å². The molecule has 1 aromatic heterocycles. The highest BCUT2D eigenvalue weighted by molar-refractivity contribution is 5.93. The lowest BCUT2D eigenvalue weighted by molar-refractivity contribution is -0.147. The van der Waals surface area contributed by atoms with Gasteiger partial charge in [0.1, 0.15) is 5.54 Å². The van der Waals surface area contributed by atoms with Gasteiger partial charge in [0.25, 0.3) is 0 Å². The van der Waals surface area contributed by atoms with Crippen LogP contribution in [-0.4, -0.2) is 43.9 Å². The Balaban J connectivity index is 2.83. The van der Waals surface area contributed by atoms with Crippen molar-refractivity contribution < 1.29 is 14.7 Å². The molecule has 7 nitrogen and oxygen atoms in total. The first kappa shape index (κ1) is 14.0. The number of carboxylic acids is 1. The molecule has 1 heterocycles. The molecule has 1 rings (SSSR count). The first-order chi connectivity index (χ1) is 8.28. The minimum Gasteiger partial charge on any atom is -0.480 e. The molecule has 0 fully saturated rings. The second-order valence-corrected chi connectivity index (χ2v) is 4.44. The van der Waals surface area contributed by atoms with Gasteiger partial charge in [-0.2, -0.15) is 5.10 Å². The van der Waals surface area contributed by atoms with Gasteiger partial charge < -0.3 is 15.3 Å². The highest BCUT2D eigenvalue weighted by atomic mass is 16.4. The number of amides is 2. The Kier molecular flexibility index (Phi) is 3.95. The fraction of sp³-hybridized carbons (Fsp3) is 0.545. The number of nitrogens with zero attached hydrogens (tertiary/aromatic N) is 3. The van der Waals surface area contributed by atoms with Crippen LogP contribution in [0.2, 0.25) is 0 Å². The number of carbonyl (C=O) groups excluding carboxylic acids is 1. The van der Waals surface area contributed by atoms with E-state index in [1.54, 1.807) is 24.9 Å². The first-order valence-electron chi connectivity index (χ1n) is 5.59. The summed E-state index contributed by atoms with van der Waals surface area (Å²) in [6.07, 6.45) is 3.14. The molecule has 100 valence electrons. The van der Waals surface area contributed by atoms with Gasteiger partial charge in [-0.1, -0.05) is 0 Å². The normalized spacial score (nSPS) is 11.1. The molecule has 2 amide bonds. The maximum Gasteiger partial charge on any atom is 0.329 e. The average molecular weight is 254 g/mol. The van der Waals surface area contributed by atoms with E-state index in [2.05, 4.69) is 10.4 Å². The summed E-state index contributed by atoms with van der Waals surface area (Å²) in [6, 6.07) is -0.460. The lowest BCUT2D eigenvalue weighted by Gasteiger charge is -2.33. The van der Waals surface area contributed by atoms with Gasteiger partial charge in [0.2, 0.25) is 0 Å². The van der Waals surface area contributed by atoms with Crippen molar-refractivity contribution >= 4 is 17.7 Å². The molecular formula is C11H18N4O3. The summed E-state index contributed by atoms with van der Waals surface area (Å²) in [7, 11) is 1.73. The van der Waals surface area contributed by atoms with Crippen LogP contribution in [0.3, 0.4) is 0 Å². The lowest BCUT2D eigenvalue weighted by atomic mass is 10.0. The minimum absolute atomic E-state index is 0.297. The molecule has 0 saturated heterocycles. The lowest BCUT2D eigenvalue weighted by Crippen LogP contribution is -2.54. The van der Waals surface area contributed by atoms with E-state index in [4.69, 9.17) is 5.11 Å². The number of carbonyl (C=O) groups is 2. The summed E-state index contributed by atoms with van der Waals surface area (Å²) < 4.78 is 1.55. The van der Waals surface area contributed by atoms with E-state index in [0.717, 1.165) is 0 Å². The number of nitrogens with one attached hydrogen (secondary N) is 1. The van der Waals surface area contributed by atoms with Gasteiger partial charge in [0, 0.05) is 19.8 Å². The molecule has 0 aliphatic heterocycles. The molecule has 0 aliphatic rings. The Hall–Kier alpha value is -2.05. The van der Waals surface area contributed by atoms with E-state index < -0.39 is 17.5 Å². The molecule has 0 aliphatic carbocycles. The quantitative estimate of drug-likeness (QED) is 0.843. The smallest absolute Gasteiger partial charge is 0.329 e. The fourth-order valence-electron chi connectivity index (χ4n) is 1.58. The topological polar surface area (TPSA) is 87.5 Å². The maximum atomic E-state index is 12.0. The van der Waals surface area contributed by atoms with Crippen LogP contribution < -0.4 is 5.32 Å². The fourth-order valence-corrected chi connectivity index (χ4v) is 1.58. The zero-order valence-electron chi connectivity index (χ0n) is 11.0. The highest BCUT2D eigenvalue weighted by Gasteiger charge is 2.36. The largest absolute Gasteiger partial charge is 0.480 e. The van der Waals surface area contributed by atoms with Crippen LogP contribution in [0.15, 0.2) is 12.4 Å². The van der Waals surface area contributed by atoms with E-state index in [9.17, 15) is 9.59 Å². The Bertz CT molecular complexity index is 453. The van der Waals surface area contributed by atoms with Crippen LogP contribution in [-0.2, 0) is 11.8 Å². The molecule has 18 heavy (non-hydrogen) atoms. The third kappa shape index (κ3) is 2.79. The van der Waals surface area contributed by atoms with Gasteiger partial charge >= 0.3 is 12.0 Å². The van der Waals surface area contributed by atoms with Gasteiger partial charge in [-0.15, -0.1) is 0 Å². The van der Waals surface area contributed by atoms with E-state index in [1.165, 1.54) is 24.9 Å². The average Bonchev–Trinajstić information content (AvgIpc) is 2.64. The zero-order chi connectivity index (χ0) is 13.9. The van der Waals surface area contributed by atoms with Gasteiger partial charge in [0.05, 0.1) is 11.9 Å². The van der Waals surface area contributed by atoms with Crippen molar-refractivity contribution in [3.05, 3.63) is 12.4 Å². The summed E-state index contributed by atoms with van der Waals surface area (Å²) in [5, 5.41) is 15.7. The number of hydrogen-bond acceptors (Lipinski definition) is 3. The highest BCUT2D eigenvalue weighted by Crippen LogP contribution is 2.16. The number of urea groups is 1. The summed E-state index contributed by atoms with van der Waals surface area (Å²) in [5.41, 5.74) is -0.733. The molecule has 1 aromatic rings. The molecule has 0 radical (unpaired) electrons. The van der Waals surface area contributed by atoms with Crippen molar-refractivity contribution in [1.29, 1.82) is 0 Å². The van der Waals surface area contributed by atoms with E-state index in [-0.39, 0.29) is 0 Å². The first-order valence-corrected chi connectivity index (χ1v) is 5.59. The SMILES string of the molecule is CCN(C(=O)Nc1cnn(C)c1)C(C)(C)C(=O)O. The third-order valence-electron chi connectivity index (χ3n) is 2.72. The number of carboxylic acid groups (broad SMARTS) is 1. The van der Waals surface area contributed by atoms with Gasteiger partial charge in [-0.05, 0) is 20.8 Å². The molecule has 0 atom stereocenters. The predicted molar refractivity (Wildman–Crippen MR) is 66.3 cm³/mol. The monoisotopic (exact) mass is 254 g/mol. The number of rotatable bonds is 4. The number of hydrogen-bond donors (Lipinski definition) is 2. The van der Waals surface area contributed by atoms with Crippen molar-refractivity contribution in [1.82, 2.24) is 14.7 Å². The molecule has 0 aromatic carbocycles. The standard InChI is InChI=1S/C11H18N4O3/c1-5-15(11(2,3)9(16)17)10(18)13-8-6-12-14(4)7-8/h6-7H,5H2,1-4H3,(H,13,18)(H,16,17). The molecule has 0 saturated carbocycles. The molecule has 0 unspecified atom stereocenters. The number of likely N-dealkylation sites (N-methyl/N-ethyl adjacent to an activating group) is 1. The van der Waals surface area contributed by atoms with Crippen molar-refractivity contribution in [2.75, 3.05) is 11.9 Å². The van der Waals surface area contributed by atoms with Crippen LogP contribution in [0, 0.1) is 0 Å². The number of aryl methyl sites for hydroxylation is 1. The Morgan fingerprint density at radius 1 is 1.56 bits per heavy atom.